The van der Waals surface area contributed by atoms with Gasteiger partial charge in [0.15, 0.2) is 5.65 Å². The number of piperazine rings is 1. The van der Waals surface area contributed by atoms with Crippen LogP contribution in [0, 0.1) is 11.6 Å². The number of rotatable bonds is 4. The molecule has 1 aliphatic heterocycles. The average molecular weight is 434 g/mol. The molecule has 1 amide bonds. The normalized spacial score (nSPS) is 14.8. The van der Waals surface area contributed by atoms with E-state index in [1.165, 1.54) is 24.3 Å². The van der Waals surface area contributed by atoms with Crippen molar-refractivity contribution in [2.45, 2.75) is 6.54 Å². The molecule has 32 heavy (non-hydrogen) atoms. The van der Waals surface area contributed by atoms with Crippen LogP contribution in [0.3, 0.4) is 0 Å². The van der Waals surface area contributed by atoms with Crippen molar-refractivity contribution in [2.24, 2.45) is 0 Å². The maximum atomic E-state index is 14.0. The summed E-state index contributed by atoms with van der Waals surface area (Å²) in [6.07, 6.45) is 1.82. The molecule has 0 atom stereocenters. The number of hydrogen-bond acceptors (Lipinski definition) is 5. The predicted octanol–water partition coefficient (Wildman–Crippen LogP) is 3.03. The zero-order valence-corrected chi connectivity index (χ0v) is 17.2. The third kappa shape index (κ3) is 3.94. The van der Waals surface area contributed by atoms with Crippen molar-refractivity contribution in [3.05, 3.63) is 83.6 Å². The summed E-state index contributed by atoms with van der Waals surface area (Å²) >= 11 is 0. The van der Waals surface area contributed by atoms with Gasteiger partial charge in [-0.3, -0.25) is 9.69 Å². The Labute approximate surface area is 182 Å². The molecule has 0 saturated carbocycles. The van der Waals surface area contributed by atoms with Gasteiger partial charge in [-0.25, -0.2) is 8.78 Å². The Balaban J connectivity index is 1.32. The SMILES string of the molecule is O=C(c1ccccc1F)N1CCN(Cc2cc(-c3ccc(F)cc3)cn3nnnc23)CC1. The van der Waals surface area contributed by atoms with E-state index in [1.807, 2.05) is 12.3 Å². The Morgan fingerprint density at radius 2 is 1.69 bits per heavy atom. The van der Waals surface area contributed by atoms with E-state index in [0.717, 1.165) is 16.7 Å². The lowest BCUT2D eigenvalue weighted by molar-refractivity contribution is 0.0624. The number of tetrazole rings is 1. The van der Waals surface area contributed by atoms with Crippen LogP contribution in [0.15, 0.2) is 60.8 Å². The van der Waals surface area contributed by atoms with E-state index in [4.69, 9.17) is 0 Å². The van der Waals surface area contributed by atoms with Crippen LogP contribution in [-0.2, 0) is 6.54 Å². The molecule has 0 spiro atoms. The lowest BCUT2D eigenvalue weighted by Crippen LogP contribution is -2.48. The molecule has 7 nitrogen and oxygen atoms in total. The molecule has 0 aliphatic carbocycles. The van der Waals surface area contributed by atoms with E-state index >= 15 is 0 Å². The van der Waals surface area contributed by atoms with E-state index in [9.17, 15) is 13.6 Å². The van der Waals surface area contributed by atoms with Gasteiger partial charge in [-0.05, 0) is 46.3 Å². The fourth-order valence-electron chi connectivity index (χ4n) is 3.98. The minimum absolute atomic E-state index is 0.101. The first-order chi connectivity index (χ1) is 15.6. The fraction of sp³-hybridized carbons (Fsp3) is 0.217. The standard InChI is InChI=1S/C23H20F2N6O/c24-19-7-5-16(6-8-19)17-13-18(22-26-27-28-31(22)15-17)14-29-9-11-30(12-10-29)23(32)20-3-1-2-4-21(20)25/h1-8,13,15H,9-12,14H2. The fourth-order valence-corrected chi connectivity index (χ4v) is 3.98. The molecule has 2 aromatic heterocycles. The summed E-state index contributed by atoms with van der Waals surface area (Å²) in [4.78, 5) is 16.6. The van der Waals surface area contributed by atoms with Crippen LogP contribution >= 0.6 is 0 Å². The minimum atomic E-state index is -0.501. The minimum Gasteiger partial charge on any atom is -0.336 e. The lowest BCUT2D eigenvalue weighted by atomic mass is 10.1. The maximum Gasteiger partial charge on any atom is 0.256 e. The van der Waals surface area contributed by atoms with Gasteiger partial charge < -0.3 is 4.90 Å². The number of aromatic nitrogens is 4. The molecule has 1 saturated heterocycles. The number of fused-ring (bicyclic) bond motifs is 1. The Morgan fingerprint density at radius 3 is 2.44 bits per heavy atom. The van der Waals surface area contributed by atoms with Gasteiger partial charge in [0.05, 0.1) is 5.56 Å². The average Bonchev–Trinajstić information content (AvgIpc) is 3.29. The van der Waals surface area contributed by atoms with Gasteiger partial charge in [0, 0.05) is 50.0 Å². The molecule has 162 valence electrons. The highest BCUT2D eigenvalue weighted by Gasteiger charge is 2.24. The first-order valence-corrected chi connectivity index (χ1v) is 10.3. The van der Waals surface area contributed by atoms with Gasteiger partial charge in [-0.15, -0.1) is 5.10 Å². The van der Waals surface area contributed by atoms with Crippen LogP contribution in [0.25, 0.3) is 16.8 Å². The number of pyridine rings is 1. The van der Waals surface area contributed by atoms with Crippen LogP contribution < -0.4 is 0 Å². The highest BCUT2D eigenvalue weighted by atomic mass is 19.1. The second-order valence-electron chi connectivity index (χ2n) is 7.76. The number of halogens is 2. The van der Waals surface area contributed by atoms with Gasteiger partial charge in [0.25, 0.3) is 5.91 Å². The Bertz CT molecular complexity index is 1270. The molecule has 0 radical (unpaired) electrons. The van der Waals surface area contributed by atoms with Crippen LogP contribution in [0.2, 0.25) is 0 Å². The second kappa shape index (κ2) is 8.43. The van der Waals surface area contributed by atoms with E-state index in [0.29, 0.717) is 38.4 Å². The van der Waals surface area contributed by atoms with Crippen LogP contribution in [0.4, 0.5) is 8.78 Å². The molecule has 1 aliphatic rings. The molecule has 1 fully saturated rings. The number of nitrogens with zero attached hydrogens (tertiary/aromatic N) is 6. The summed E-state index contributed by atoms with van der Waals surface area (Å²) in [5, 5.41) is 11.9. The second-order valence-corrected chi connectivity index (χ2v) is 7.76. The summed E-state index contributed by atoms with van der Waals surface area (Å²) in [5.41, 5.74) is 3.44. The number of hydrogen-bond donors (Lipinski definition) is 0. The van der Waals surface area contributed by atoms with Crippen LogP contribution in [0.5, 0.6) is 0 Å². The molecule has 2 aromatic carbocycles. The molecule has 3 heterocycles. The third-order valence-corrected chi connectivity index (χ3v) is 5.71. The molecule has 9 heteroatoms. The Hall–Kier alpha value is -3.72. The zero-order valence-electron chi connectivity index (χ0n) is 17.2. The van der Waals surface area contributed by atoms with Gasteiger partial charge in [-0.2, -0.15) is 4.52 Å². The van der Waals surface area contributed by atoms with Gasteiger partial charge in [0.1, 0.15) is 11.6 Å². The summed E-state index contributed by atoms with van der Waals surface area (Å²) in [7, 11) is 0. The Kier molecular flexibility index (Phi) is 5.32. The monoisotopic (exact) mass is 434 g/mol. The summed E-state index contributed by atoms with van der Waals surface area (Å²) in [6, 6.07) is 14.3. The summed E-state index contributed by atoms with van der Waals surface area (Å²) in [6.45, 7) is 2.90. The molecule has 5 rings (SSSR count). The van der Waals surface area contributed by atoms with Crippen molar-refractivity contribution < 1.29 is 13.6 Å². The molecular formula is C23H20F2N6O. The third-order valence-electron chi connectivity index (χ3n) is 5.71. The van der Waals surface area contributed by atoms with Gasteiger partial charge in [-0.1, -0.05) is 24.3 Å². The molecule has 0 unspecified atom stereocenters. The van der Waals surface area contributed by atoms with Crippen molar-refractivity contribution in [3.63, 3.8) is 0 Å². The van der Waals surface area contributed by atoms with Gasteiger partial charge in [0.2, 0.25) is 0 Å². The number of amides is 1. The van der Waals surface area contributed by atoms with Crippen molar-refractivity contribution in [1.82, 2.24) is 29.8 Å². The van der Waals surface area contributed by atoms with Crippen molar-refractivity contribution in [1.29, 1.82) is 0 Å². The van der Waals surface area contributed by atoms with Crippen LogP contribution in [-0.4, -0.2) is 61.9 Å². The predicted molar refractivity (Wildman–Crippen MR) is 114 cm³/mol. The smallest absolute Gasteiger partial charge is 0.256 e. The molecule has 0 N–H and O–H groups in total. The number of benzene rings is 2. The quantitative estimate of drug-likeness (QED) is 0.494. The van der Waals surface area contributed by atoms with Gasteiger partial charge >= 0.3 is 0 Å². The maximum absolute atomic E-state index is 14.0. The molecule has 0 bridgehead atoms. The van der Waals surface area contributed by atoms with Crippen molar-refractivity contribution >= 4 is 11.6 Å². The summed E-state index contributed by atoms with van der Waals surface area (Å²) < 4.78 is 28.9. The first kappa shape index (κ1) is 20.2. The number of carbonyl (C=O) groups is 1. The first-order valence-electron chi connectivity index (χ1n) is 10.3. The van der Waals surface area contributed by atoms with E-state index in [2.05, 4.69) is 20.4 Å². The van der Waals surface area contributed by atoms with Crippen molar-refractivity contribution in [3.8, 4) is 11.1 Å². The van der Waals surface area contributed by atoms with E-state index in [1.54, 1.807) is 33.7 Å². The summed E-state index contributed by atoms with van der Waals surface area (Å²) in [5.74, 6) is -1.08. The van der Waals surface area contributed by atoms with Crippen molar-refractivity contribution in [2.75, 3.05) is 26.2 Å². The van der Waals surface area contributed by atoms with Crippen LogP contribution in [0.1, 0.15) is 15.9 Å². The topological polar surface area (TPSA) is 66.6 Å². The highest BCUT2D eigenvalue weighted by molar-refractivity contribution is 5.94. The van der Waals surface area contributed by atoms with E-state index in [-0.39, 0.29) is 17.3 Å². The number of carbonyl (C=O) groups excluding carboxylic acids is 1. The highest BCUT2D eigenvalue weighted by Crippen LogP contribution is 2.24. The van der Waals surface area contributed by atoms with E-state index < -0.39 is 5.82 Å². The zero-order chi connectivity index (χ0) is 22.1. The Morgan fingerprint density at radius 1 is 0.938 bits per heavy atom. The molecule has 4 aromatic rings. The largest absolute Gasteiger partial charge is 0.336 e. The lowest BCUT2D eigenvalue weighted by Gasteiger charge is -2.34. The molecular weight excluding hydrogens is 414 g/mol.